The van der Waals surface area contributed by atoms with Crippen LogP contribution in [0.1, 0.15) is 60.9 Å². The molecule has 4 nitrogen and oxygen atoms in total. The van der Waals surface area contributed by atoms with Crippen molar-refractivity contribution in [3.05, 3.63) is 35.4 Å². The second-order valence-corrected chi connectivity index (χ2v) is 7.18. The fourth-order valence-electron chi connectivity index (χ4n) is 4.07. The smallest absolute Gasteiger partial charge is 0.251 e. The van der Waals surface area contributed by atoms with Crippen molar-refractivity contribution >= 4 is 5.91 Å². The Labute approximate surface area is 144 Å². The van der Waals surface area contributed by atoms with E-state index in [4.69, 9.17) is 5.26 Å². The Hall–Kier alpha value is -1.86. The molecule has 1 saturated carbocycles. The van der Waals surface area contributed by atoms with Crippen molar-refractivity contribution in [2.45, 2.75) is 51.0 Å². The van der Waals surface area contributed by atoms with E-state index in [1.54, 1.807) is 24.3 Å². The molecular weight excluding hydrogens is 298 g/mol. The van der Waals surface area contributed by atoms with Crippen LogP contribution in [0.3, 0.4) is 0 Å². The zero-order valence-corrected chi connectivity index (χ0v) is 14.3. The van der Waals surface area contributed by atoms with Crippen LogP contribution >= 0.6 is 0 Å². The predicted molar refractivity (Wildman–Crippen MR) is 94.7 cm³/mol. The maximum atomic E-state index is 12.6. The fraction of sp³-hybridized carbons (Fsp3) is 0.600. The molecular formula is C20H27N3O. The largest absolute Gasteiger partial charge is 0.349 e. The molecule has 128 valence electrons. The van der Waals surface area contributed by atoms with Crippen LogP contribution < -0.4 is 5.32 Å². The summed E-state index contributed by atoms with van der Waals surface area (Å²) in [6.45, 7) is 3.53. The molecule has 1 amide bonds. The van der Waals surface area contributed by atoms with Crippen LogP contribution in [0.4, 0.5) is 0 Å². The number of nitriles is 1. The number of carbonyl (C=O) groups is 1. The lowest BCUT2D eigenvalue weighted by Gasteiger charge is -2.37. The van der Waals surface area contributed by atoms with E-state index in [2.05, 4.69) is 16.3 Å². The van der Waals surface area contributed by atoms with Gasteiger partial charge < -0.3 is 10.2 Å². The third kappa shape index (κ3) is 4.36. The molecule has 3 rings (SSSR count). The average Bonchev–Trinajstić information content (AvgIpc) is 2.64. The van der Waals surface area contributed by atoms with Gasteiger partial charge in [0.2, 0.25) is 0 Å². The van der Waals surface area contributed by atoms with Gasteiger partial charge in [-0.1, -0.05) is 25.3 Å². The van der Waals surface area contributed by atoms with E-state index in [9.17, 15) is 4.79 Å². The van der Waals surface area contributed by atoms with Crippen molar-refractivity contribution < 1.29 is 4.79 Å². The third-order valence-corrected chi connectivity index (χ3v) is 5.42. The van der Waals surface area contributed by atoms with Crippen LogP contribution in [0.25, 0.3) is 0 Å². The van der Waals surface area contributed by atoms with Gasteiger partial charge in [-0.05, 0) is 62.9 Å². The van der Waals surface area contributed by atoms with Gasteiger partial charge in [-0.15, -0.1) is 0 Å². The summed E-state index contributed by atoms with van der Waals surface area (Å²) in [7, 11) is 0. The summed E-state index contributed by atoms with van der Waals surface area (Å²) < 4.78 is 0. The maximum Gasteiger partial charge on any atom is 0.251 e. The van der Waals surface area contributed by atoms with Crippen LogP contribution in [0.15, 0.2) is 24.3 Å². The first-order valence-corrected chi connectivity index (χ1v) is 9.29. The lowest BCUT2D eigenvalue weighted by Crippen LogP contribution is -2.47. The zero-order valence-electron chi connectivity index (χ0n) is 14.3. The summed E-state index contributed by atoms with van der Waals surface area (Å²) in [6.07, 6.45) is 8.72. The first-order chi connectivity index (χ1) is 11.8. The van der Waals surface area contributed by atoms with Crippen molar-refractivity contribution in [2.75, 3.05) is 19.6 Å². The Bertz CT molecular complexity index is 601. The molecule has 0 aromatic heterocycles. The lowest BCUT2D eigenvalue weighted by atomic mass is 9.83. The van der Waals surface area contributed by atoms with Crippen LogP contribution in [0.5, 0.6) is 0 Å². The van der Waals surface area contributed by atoms with E-state index in [0.717, 1.165) is 13.0 Å². The maximum absolute atomic E-state index is 12.6. The molecule has 1 N–H and O–H groups in total. The summed E-state index contributed by atoms with van der Waals surface area (Å²) in [5.74, 6) is 0.516. The highest BCUT2D eigenvalue weighted by Crippen LogP contribution is 2.26. The minimum Gasteiger partial charge on any atom is -0.349 e. The van der Waals surface area contributed by atoms with E-state index in [0.29, 0.717) is 17.0 Å². The molecule has 2 aliphatic rings. The first-order valence-electron chi connectivity index (χ1n) is 9.29. The molecule has 1 saturated heterocycles. The minimum atomic E-state index is -0.0392. The van der Waals surface area contributed by atoms with Crippen LogP contribution in [-0.4, -0.2) is 36.5 Å². The summed E-state index contributed by atoms with van der Waals surface area (Å²) in [4.78, 5) is 15.2. The van der Waals surface area contributed by atoms with Crippen molar-refractivity contribution in [2.24, 2.45) is 5.92 Å². The van der Waals surface area contributed by atoms with E-state index >= 15 is 0 Å². The number of carbonyl (C=O) groups excluding carboxylic acids is 1. The Balaban J connectivity index is 1.62. The van der Waals surface area contributed by atoms with Crippen molar-refractivity contribution in [1.82, 2.24) is 10.2 Å². The molecule has 0 bridgehead atoms. The van der Waals surface area contributed by atoms with Gasteiger partial charge >= 0.3 is 0 Å². The van der Waals surface area contributed by atoms with Crippen LogP contribution in [0, 0.1) is 17.2 Å². The fourth-order valence-corrected chi connectivity index (χ4v) is 4.07. The van der Waals surface area contributed by atoms with Gasteiger partial charge in [-0.25, -0.2) is 0 Å². The third-order valence-electron chi connectivity index (χ3n) is 5.42. The molecule has 2 fully saturated rings. The molecule has 1 aromatic carbocycles. The molecule has 0 radical (unpaired) electrons. The summed E-state index contributed by atoms with van der Waals surface area (Å²) in [5, 5.41) is 12.3. The number of nitrogens with zero attached hydrogens (tertiary/aromatic N) is 2. The Morgan fingerprint density at radius 1 is 1.17 bits per heavy atom. The topological polar surface area (TPSA) is 56.1 Å². The first kappa shape index (κ1) is 17.0. The van der Waals surface area contributed by atoms with Crippen molar-refractivity contribution in [1.29, 1.82) is 5.26 Å². The molecule has 1 aliphatic heterocycles. The minimum absolute atomic E-state index is 0.0392. The quantitative estimate of drug-likeness (QED) is 0.924. The van der Waals surface area contributed by atoms with E-state index in [-0.39, 0.29) is 11.9 Å². The average molecular weight is 325 g/mol. The number of hydrogen-bond acceptors (Lipinski definition) is 3. The van der Waals surface area contributed by atoms with E-state index in [1.165, 1.54) is 51.6 Å². The number of rotatable bonds is 4. The number of nitrogens with one attached hydrogen (secondary N) is 1. The van der Waals surface area contributed by atoms with Gasteiger partial charge in [-0.3, -0.25) is 4.79 Å². The molecule has 4 heteroatoms. The SMILES string of the molecule is N#Cc1cccc(C(=O)NC2CCCC[C@H]2CN2CCCCC2)c1. The van der Waals surface area contributed by atoms with E-state index in [1.807, 2.05) is 0 Å². The Kier molecular flexibility index (Phi) is 5.87. The van der Waals surface area contributed by atoms with Crippen LogP contribution in [-0.2, 0) is 0 Å². The van der Waals surface area contributed by atoms with Gasteiger partial charge in [-0.2, -0.15) is 5.26 Å². The highest BCUT2D eigenvalue weighted by atomic mass is 16.1. The monoisotopic (exact) mass is 325 g/mol. The molecule has 2 atom stereocenters. The normalized spacial score (nSPS) is 25.0. The number of amides is 1. The molecule has 1 aromatic rings. The van der Waals surface area contributed by atoms with E-state index < -0.39 is 0 Å². The lowest BCUT2D eigenvalue weighted by molar-refractivity contribution is 0.0877. The van der Waals surface area contributed by atoms with Crippen molar-refractivity contribution in [3.63, 3.8) is 0 Å². The standard InChI is InChI=1S/C20H27N3O/c21-14-16-7-6-9-17(13-16)20(24)22-19-10-3-2-8-18(19)15-23-11-4-1-5-12-23/h6-7,9,13,18-19H,1-5,8,10-12,15H2,(H,22,24)/t18-,19?/m0/s1. The molecule has 1 heterocycles. The second-order valence-electron chi connectivity index (χ2n) is 7.18. The van der Waals surface area contributed by atoms with Gasteiger partial charge in [0.1, 0.15) is 0 Å². The number of piperidine rings is 1. The van der Waals surface area contributed by atoms with Crippen LogP contribution in [0.2, 0.25) is 0 Å². The second kappa shape index (κ2) is 8.30. The van der Waals surface area contributed by atoms with Gasteiger partial charge in [0.15, 0.2) is 0 Å². The Morgan fingerprint density at radius 2 is 1.96 bits per heavy atom. The zero-order chi connectivity index (χ0) is 16.8. The van der Waals surface area contributed by atoms with Gasteiger partial charge in [0.05, 0.1) is 11.6 Å². The highest BCUT2D eigenvalue weighted by Gasteiger charge is 2.28. The summed E-state index contributed by atoms with van der Waals surface area (Å²) in [5.41, 5.74) is 1.13. The molecule has 24 heavy (non-hydrogen) atoms. The molecule has 1 unspecified atom stereocenters. The van der Waals surface area contributed by atoms with Crippen molar-refractivity contribution in [3.8, 4) is 6.07 Å². The highest BCUT2D eigenvalue weighted by molar-refractivity contribution is 5.94. The molecule has 0 spiro atoms. The summed E-state index contributed by atoms with van der Waals surface area (Å²) >= 11 is 0. The predicted octanol–water partition coefficient (Wildman–Crippen LogP) is 3.33. The number of hydrogen-bond donors (Lipinski definition) is 1. The number of likely N-dealkylation sites (tertiary alicyclic amines) is 1. The van der Waals surface area contributed by atoms with Gasteiger partial charge in [0.25, 0.3) is 5.91 Å². The summed E-state index contributed by atoms with van der Waals surface area (Å²) in [6, 6.07) is 9.34. The Morgan fingerprint density at radius 3 is 2.75 bits per heavy atom. The van der Waals surface area contributed by atoms with Gasteiger partial charge in [0, 0.05) is 18.2 Å². The molecule has 1 aliphatic carbocycles. The number of benzene rings is 1.